The summed E-state index contributed by atoms with van der Waals surface area (Å²) in [6, 6.07) is 4.65. The van der Waals surface area contributed by atoms with Crippen LogP contribution >= 0.6 is 11.6 Å². The summed E-state index contributed by atoms with van der Waals surface area (Å²) in [5, 5.41) is 5.25. The summed E-state index contributed by atoms with van der Waals surface area (Å²) in [6.07, 6.45) is 0. The Morgan fingerprint density at radius 1 is 1.41 bits per heavy atom. The number of halogens is 1. The Morgan fingerprint density at radius 3 is 2.71 bits per heavy atom. The van der Waals surface area contributed by atoms with Gasteiger partial charge in [-0.25, -0.2) is 0 Å². The van der Waals surface area contributed by atoms with Gasteiger partial charge in [0.1, 0.15) is 0 Å². The first-order valence-corrected chi connectivity index (χ1v) is 5.21. The molecule has 0 saturated carbocycles. The molecule has 1 aromatic carbocycles. The molecule has 0 fully saturated rings. The number of likely N-dealkylation sites (N-methyl/N-ethyl adjacent to an activating group) is 1. The summed E-state index contributed by atoms with van der Waals surface area (Å²) in [6.45, 7) is -0.105. The fraction of sp³-hybridized carbons (Fsp3) is 0.200. The van der Waals surface area contributed by atoms with E-state index in [-0.39, 0.29) is 18.0 Å². The third kappa shape index (κ3) is 3.61. The standard InChI is InChI=1S/C10H13ClN4O2/c1-13-9(16)5-14-10(17)7-4-6(11)2-3-8(7)15-12/h2-4,15H,5,12H2,1H3,(H,13,16)(H,14,17). The molecule has 0 bridgehead atoms. The summed E-state index contributed by atoms with van der Waals surface area (Å²) in [7, 11) is 1.49. The molecule has 92 valence electrons. The maximum Gasteiger partial charge on any atom is 0.253 e. The van der Waals surface area contributed by atoms with E-state index in [1.54, 1.807) is 12.1 Å². The van der Waals surface area contributed by atoms with Crippen molar-refractivity contribution in [2.75, 3.05) is 19.0 Å². The monoisotopic (exact) mass is 256 g/mol. The van der Waals surface area contributed by atoms with Gasteiger partial charge in [0, 0.05) is 12.1 Å². The van der Waals surface area contributed by atoms with Gasteiger partial charge < -0.3 is 16.1 Å². The summed E-state index contributed by atoms with van der Waals surface area (Å²) >= 11 is 5.78. The molecule has 6 nitrogen and oxygen atoms in total. The maximum atomic E-state index is 11.8. The molecule has 5 N–H and O–H groups in total. The van der Waals surface area contributed by atoms with Crippen molar-refractivity contribution in [2.45, 2.75) is 0 Å². The van der Waals surface area contributed by atoms with Crippen molar-refractivity contribution in [3.05, 3.63) is 28.8 Å². The molecule has 0 aliphatic rings. The van der Waals surface area contributed by atoms with Crippen molar-refractivity contribution < 1.29 is 9.59 Å². The highest BCUT2D eigenvalue weighted by Gasteiger charge is 2.12. The predicted octanol–water partition coefficient (Wildman–Crippen LogP) is 0.101. The minimum atomic E-state index is -0.427. The van der Waals surface area contributed by atoms with E-state index in [0.717, 1.165) is 0 Å². The summed E-state index contributed by atoms with van der Waals surface area (Å²) in [5.74, 6) is 4.55. The lowest BCUT2D eigenvalue weighted by Gasteiger charge is -2.09. The zero-order valence-electron chi connectivity index (χ0n) is 9.21. The van der Waals surface area contributed by atoms with Crippen LogP contribution in [0.5, 0.6) is 0 Å². The zero-order chi connectivity index (χ0) is 12.8. The first-order chi connectivity index (χ1) is 8.08. The van der Waals surface area contributed by atoms with Crippen molar-refractivity contribution in [1.29, 1.82) is 0 Å². The average molecular weight is 257 g/mol. The van der Waals surface area contributed by atoms with E-state index in [1.807, 2.05) is 0 Å². The summed E-state index contributed by atoms with van der Waals surface area (Å²) < 4.78 is 0. The van der Waals surface area contributed by atoms with Crippen molar-refractivity contribution >= 4 is 29.1 Å². The van der Waals surface area contributed by atoms with Crippen molar-refractivity contribution in [2.24, 2.45) is 5.84 Å². The number of hydrogen-bond acceptors (Lipinski definition) is 4. The van der Waals surface area contributed by atoms with Crippen LogP contribution in [0.4, 0.5) is 5.69 Å². The molecule has 0 atom stereocenters. The Hall–Kier alpha value is -1.79. The van der Waals surface area contributed by atoms with E-state index in [4.69, 9.17) is 17.4 Å². The first kappa shape index (κ1) is 13.3. The Balaban J connectivity index is 2.80. The molecule has 0 unspecified atom stereocenters. The van der Waals surface area contributed by atoms with Crippen molar-refractivity contribution in [3.63, 3.8) is 0 Å². The molecular weight excluding hydrogens is 244 g/mol. The average Bonchev–Trinajstić information content (AvgIpc) is 2.35. The second-order valence-electron chi connectivity index (χ2n) is 3.19. The van der Waals surface area contributed by atoms with Gasteiger partial charge >= 0.3 is 0 Å². The summed E-state index contributed by atoms with van der Waals surface area (Å²) in [5.41, 5.74) is 3.10. The Bertz CT molecular complexity index is 436. The molecule has 7 heteroatoms. The number of carbonyl (C=O) groups is 2. The lowest BCUT2D eigenvalue weighted by atomic mass is 10.1. The van der Waals surface area contributed by atoms with Crippen molar-refractivity contribution in [1.82, 2.24) is 10.6 Å². The molecule has 1 rings (SSSR count). The normalized spacial score (nSPS) is 9.59. The minimum Gasteiger partial charge on any atom is -0.358 e. The van der Waals surface area contributed by atoms with Crippen LogP contribution in [0.25, 0.3) is 0 Å². The minimum absolute atomic E-state index is 0.105. The predicted molar refractivity (Wildman–Crippen MR) is 65.7 cm³/mol. The SMILES string of the molecule is CNC(=O)CNC(=O)c1cc(Cl)ccc1NN. The molecule has 0 aliphatic heterocycles. The quantitative estimate of drug-likeness (QED) is 0.454. The van der Waals surface area contributed by atoms with Crippen LogP contribution in [0.15, 0.2) is 18.2 Å². The number of hydrazine groups is 1. The van der Waals surface area contributed by atoms with E-state index in [2.05, 4.69) is 16.1 Å². The van der Waals surface area contributed by atoms with Crippen LogP contribution in [0.1, 0.15) is 10.4 Å². The fourth-order valence-corrected chi connectivity index (χ4v) is 1.35. The van der Waals surface area contributed by atoms with Gasteiger partial charge in [-0.3, -0.25) is 15.4 Å². The van der Waals surface area contributed by atoms with Crippen LogP contribution in [0, 0.1) is 0 Å². The number of benzene rings is 1. The fourth-order valence-electron chi connectivity index (χ4n) is 1.17. The second-order valence-corrected chi connectivity index (χ2v) is 3.63. The van der Waals surface area contributed by atoms with E-state index >= 15 is 0 Å². The number of hydrogen-bond donors (Lipinski definition) is 4. The van der Waals surface area contributed by atoms with Crippen LogP contribution < -0.4 is 21.9 Å². The van der Waals surface area contributed by atoms with Crippen molar-refractivity contribution in [3.8, 4) is 0 Å². The van der Waals surface area contributed by atoms with Gasteiger partial charge in [-0.1, -0.05) is 11.6 Å². The molecule has 0 aliphatic carbocycles. The number of anilines is 1. The largest absolute Gasteiger partial charge is 0.358 e. The molecule has 1 aromatic rings. The molecule has 0 spiro atoms. The van der Waals surface area contributed by atoms with Gasteiger partial charge in [0.05, 0.1) is 17.8 Å². The zero-order valence-corrected chi connectivity index (χ0v) is 9.97. The smallest absolute Gasteiger partial charge is 0.253 e. The molecule has 17 heavy (non-hydrogen) atoms. The summed E-state index contributed by atoms with van der Waals surface area (Å²) in [4.78, 5) is 22.7. The third-order valence-electron chi connectivity index (χ3n) is 2.07. The highest BCUT2D eigenvalue weighted by atomic mass is 35.5. The van der Waals surface area contributed by atoms with Crippen LogP contribution in [0.2, 0.25) is 5.02 Å². The molecule has 0 heterocycles. The van der Waals surface area contributed by atoms with E-state index in [1.165, 1.54) is 13.1 Å². The first-order valence-electron chi connectivity index (χ1n) is 4.83. The Kier molecular flexibility index (Phi) is 4.74. The van der Waals surface area contributed by atoms with Gasteiger partial charge in [0.15, 0.2) is 0 Å². The van der Waals surface area contributed by atoms with Gasteiger partial charge in [-0.05, 0) is 18.2 Å². The maximum absolute atomic E-state index is 11.8. The van der Waals surface area contributed by atoms with Crippen LogP contribution in [-0.2, 0) is 4.79 Å². The van der Waals surface area contributed by atoms with Gasteiger partial charge in [-0.2, -0.15) is 0 Å². The van der Waals surface area contributed by atoms with E-state index in [9.17, 15) is 9.59 Å². The highest BCUT2D eigenvalue weighted by molar-refractivity contribution is 6.31. The molecule has 0 radical (unpaired) electrons. The van der Waals surface area contributed by atoms with E-state index in [0.29, 0.717) is 10.7 Å². The lowest BCUT2D eigenvalue weighted by Crippen LogP contribution is -2.35. The van der Waals surface area contributed by atoms with Crippen LogP contribution in [0.3, 0.4) is 0 Å². The Morgan fingerprint density at radius 2 is 2.12 bits per heavy atom. The Labute approximate surface area is 103 Å². The molecule has 0 aromatic heterocycles. The third-order valence-corrected chi connectivity index (χ3v) is 2.31. The van der Waals surface area contributed by atoms with Gasteiger partial charge in [0.25, 0.3) is 5.91 Å². The lowest BCUT2D eigenvalue weighted by molar-refractivity contribution is -0.119. The van der Waals surface area contributed by atoms with E-state index < -0.39 is 5.91 Å². The number of nitrogen functional groups attached to an aromatic ring is 1. The number of amides is 2. The second kappa shape index (κ2) is 6.07. The highest BCUT2D eigenvalue weighted by Crippen LogP contribution is 2.19. The molecule has 0 saturated heterocycles. The molecule has 2 amide bonds. The topological polar surface area (TPSA) is 96.2 Å². The van der Waals surface area contributed by atoms with Gasteiger partial charge in [0.2, 0.25) is 5.91 Å². The number of nitrogens with one attached hydrogen (secondary N) is 3. The van der Waals surface area contributed by atoms with Crippen LogP contribution in [-0.4, -0.2) is 25.4 Å². The molecular formula is C10H13ClN4O2. The number of rotatable bonds is 4. The van der Waals surface area contributed by atoms with Gasteiger partial charge in [-0.15, -0.1) is 0 Å². The number of carbonyl (C=O) groups excluding carboxylic acids is 2. The number of nitrogens with two attached hydrogens (primary N) is 1.